The largest absolute Gasteiger partial charge is 0.494 e. The highest BCUT2D eigenvalue weighted by Gasteiger charge is 2.12. The highest BCUT2D eigenvalue weighted by atomic mass is 35.5. The summed E-state index contributed by atoms with van der Waals surface area (Å²) in [4.78, 5) is 12.3. The Bertz CT molecular complexity index is 1050. The van der Waals surface area contributed by atoms with Gasteiger partial charge in [-0.2, -0.15) is 5.10 Å². The van der Waals surface area contributed by atoms with E-state index in [9.17, 15) is 4.79 Å². The van der Waals surface area contributed by atoms with Crippen LogP contribution in [-0.4, -0.2) is 23.3 Å². The van der Waals surface area contributed by atoms with Gasteiger partial charge in [-0.15, -0.1) is 0 Å². The third kappa shape index (κ3) is 4.69. The lowest BCUT2D eigenvalue weighted by molar-refractivity contribution is 0.0955. The topological polar surface area (TPSA) is 55.6 Å². The van der Waals surface area contributed by atoms with E-state index in [4.69, 9.17) is 16.3 Å². The summed E-state index contributed by atoms with van der Waals surface area (Å²) in [5.41, 5.74) is 8.26. The molecule has 0 unspecified atom stereocenters. The number of benzene rings is 2. The van der Waals surface area contributed by atoms with Gasteiger partial charge in [-0.25, -0.2) is 5.43 Å². The number of carbonyl (C=O) groups excluding carboxylic acids is 1. The predicted octanol–water partition coefficient (Wildman–Crippen LogP) is 5.22. The van der Waals surface area contributed by atoms with E-state index in [1.807, 2.05) is 45.0 Å². The van der Waals surface area contributed by atoms with Gasteiger partial charge in [-0.1, -0.05) is 17.7 Å². The lowest BCUT2D eigenvalue weighted by Gasteiger charge is -2.13. The minimum atomic E-state index is -0.274. The number of hydrazone groups is 1. The average molecular weight is 410 g/mol. The Morgan fingerprint density at radius 2 is 1.86 bits per heavy atom. The molecule has 0 saturated carbocycles. The number of ether oxygens (including phenoxy) is 1. The Balaban J connectivity index is 1.76. The number of aryl methyl sites for hydroxylation is 2. The molecule has 29 heavy (non-hydrogen) atoms. The lowest BCUT2D eigenvalue weighted by atomic mass is 10.2. The molecule has 0 aliphatic heterocycles. The summed E-state index contributed by atoms with van der Waals surface area (Å²) in [5.74, 6) is 0.458. The van der Waals surface area contributed by atoms with E-state index >= 15 is 0 Å². The molecule has 0 bridgehead atoms. The van der Waals surface area contributed by atoms with Crippen LogP contribution in [0, 0.1) is 20.8 Å². The zero-order valence-corrected chi connectivity index (χ0v) is 17.7. The van der Waals surface area contributed by atoms with Crippen molar-refractivity contribution in [3.8, 4) is 11.4 Å². The van der Waals surface area contributed by atoms with E-state index in [-0.39, 0.29) is 5.91 Å². The van der Waals surface area contributed by atoms with Gasteiger partial charge in [0, 0.05) is 33.2 Å². The van der Waals surface area contributed by atoms with Crippen LogP contribution >= 0.6 is 11.6 Å². The van der Waals surface area contributed by atoms with Crippen LogP contribution in [0.15, 0.2) is 53.6 Å². The van der Waals surface area contributed by atoms with E-state index in [1.165, 1.54) is 0 Å². The molecule has 5 nitrogen and oxygen atoms in total. The van der Waals surface area contributed by atoms with Crippen molar-refractivity contribution in [2.75, 3.05) is 6.61 Å². The second kappa shape index (κ2) is 8.97. The molecule has 0 aliphatic rings. The molecule has 0 spiro atoms. The van der Waals surface area contributed by atoms with Gasteiger partial charge in [-0.3, -0.25) is 4.79 Å². The summed E-state index contributed by atoms with van der Waals surface area (Å²) in [6.07, 6.45) is 1.66. The van der Waals surface area contributed by atoms with Gasteiger partial charge >= 0.3 is 0 Å². The molecule has 2 aromatic carbocycles. The molecule has 6 heteroatoms. The highest BCUT2D eigenvalue weighted by molar-refractivity contribution is 6.30. The standard InChI is InChI=1S/C23H24ClN3O2/c1-5-29-21-10-7-18(8-11-21)23(28)26-25-14-19-12-16(3)27(17(19)4)22-13-20(24)9-6-15(22)2/h6-14H,5H2,1-4H3,(H,26,28)/b25-14+. The molecule has 1 aromatic heterocycles. The van der Waals surface area contributed by atoms with Crippen molar-refractivity contribution >= 4 is 23.7 Å². The molecule has 3 aromatic rings. The number of nitrogens with one attached hydrogen (secondary N) is 1. The highest BCUT2D eigenvalue weighted by Crippen LogP contribution is 2.25. The van der Waals surface area contributed by atoms with Crippen molar-refractivity contribution in [3.63, 3.8) is 0 Å². The Kier molecular flexibility index (Phi) is 6.39. The third-order valence-electron chi connectivity index (χ3n) is 4.68. The molecule has 1 amide bonds. The fourth-order valence-corrected chi connectivity index (χ4v) is 3.37. The second-order valence-electron chi connectivity index (χ2n) is 6.75. The van der Waals surface area contributed by atoms with E-state index in [2.05, 4.69) is 22.0 Å². The lowest BCUT2D eigenvalue weighted by Crippen LogP contribution is -2.17. The maximum absolute atomic E-state index is 12.3. The van der Waals surface area contributed by atoms with Crippen LogP contribution in [0.4, 0.5) is 0 Å². The maximum atomic E-state index is 12.3. The summed E-state index contributed by atoms with van der Waals surface area (Å²) >= 11 is 6.19. The van der Waals surface area contributed by atoms with Crippen LogP contribution in [-0.2, 0) is 0 Å². The monoisotopic (exact) mass is 409 g/mol. The van der Waals surface area contributed by atoms with Crippen molar-refractivity contribution in [1.82, 2.24) is 9.99 Å². The number of hydrogen-bond donors (Lipinski definition) is 1. The molecule has 1 heterocycles. The minimum Gasteiger partial charge on any atom is -0.494 e. The SMILES string of the molecule is CCOc1ccc(C(=O)N/N=C/c2cc(C)n(-c3cc(Cl)ccc3C)c2C)cc1. The number of carbonyl (C=O) groups is 1. The molecule has 150 valence electrons. The molecule has 0 saturated heterocycles. The van der Waals surface area contributed by atoms with E-state index in [1.54, 1.807) is 30.5 Å². The Labute approximate surface area is 176 Å². The number of amides is 1. The fourth-order valence-electron chi connectivity index (χ4n) is 3.21. The van der Waals surface area contributed by atoms with Crippen molar-refractivity contribution in [2.24, 2.45) is 5.10 Å². The zero-order chi connectivity index (χ0) is 21.0. The molecule has 0 fully saturated rings. The second-order valence-corrected chi connectivity index (χ2v) is 7.19. The van der Waals surface area contributed by atoms with Gasteiger partial charge in [-0.05, 0) is 75.7 Å². The van der Waals surface area contributed by atoms with Crippen molar-refractivity contribution in [2.45, 2.75) is 27.7 Å². The summed E-state index contributed by atoms with van der Waals surface area (Å²) in [6, 6.07) is 14.8. The summed E-state index contributed by atoms with van der Waals surface area (Å²) in [7, 11) is 0. The Morgan fingerprint density at radius 1 is 1.14 bits per heavy atom. The maximum Gasteiger partial charge on any atom is 0.271 e. The van der Waals surface area contributed by atoms with Gasteiger partial charge in [0.2, 0.25) is 0 Å². The molecule has 1 N–H and O–H groups in total. The van der Waals surface area contributed by atoms with Crippen LogP contribution in [0.2, 0.25) is 5.02 Å². The first-order valence-corrected chi connectivity index (χ1v) is 9.80. The summed E-state index contributed by atoms with van der Waals surface area (Å²) in [5, 5.41) is 4.82. The number of nitrogens with zero attached hydrogens (tertiary/aromatic N) is 2. The van der Waals surface area contributed by atoms with Crippen LogP contribution in [0.25, 0.3) is 5.69 Å². The Morgan fingerprint density at radius 3 is 2.55 bits per heavy atom. The normalized spacial score (nSPS) is 11.1. The zero-order valence-electron chi connectivity index (χ0n) is 17.0. The number of aromatic nitrogens is 1. The average Bonchev–Trinajstić information content (AvgIpc) is 2.98. The molecule has 0 atom stereocenters. The molecular formula is C23H24ClN3O2. The molecule has 3 rings (SSSR count). The summed E-state index contributed by atoms with van der Waals surface area (Å²) < 4.78 is 7.52. The first kappa shape index (κ1) is 20.7. The van der Waals surface area contributed by atoms with Crippen LogP contribution in [0.3, 0.4) is 0 Å². The van der Waals surface area contributed by atoms with E-state index in [0.29, 0.717) is 17.2 Å². The number of halogens is 1. The van der Waals surface area contributed by atoms with Gasteiger partial charge in [0.1, 0.15) is 5.75 Å². The van der Waals surface area contributed by atoms with Crippen molar-refractivity contribution in [3.05, 3.63) is 81.6 Å². The Hall–Kier alpha value is -3.05. The van der Waals surface area contributed by atoms with Gasteiger partial charge in [0.15, 0.2) is 0 Å². The van der Waals surface area contributed by atoms with Crippen molar-refractivity contribution < 1.29 is 9.53 Å². The van der Waals surface area contributed by atoms with Gasteiger partial charge in [0.05, 0.1) is 12.8 Å². The summed E-state index contributed by atoms with van der Waals surface area (Å²) in [6.45, 7) is 8.60. The third-order valence-corrected chi connectivity index (χ3v) is 4.91. The van der Waals surface area contributed by atoms with Crippen LogP contribution < -0.4 is 10.2 Å². The van der Waals surface area contributed by atoms with Gasteiger partial charge < -0.3 is 9.30 Å². The first-order valence-electron chi connectivity index (χ1n) is 9.42. The smallest absolute Gasteiger partial charge is 0.271 e. The van der Waals surface area contributed by atoms with Crippen LogP contribution in [0.5, 0.6) is 5.75 Å². The minimum absolute atomic E-state index is 0.274. The molecular weight excluding hydrogens is 386 g/mol. The van der Waals surface area contributed by atoms with Gasteiger partial charge in [0.25, 0.3) is 5.91 Å². The van der Waals surface area contributed by atoms with E-state index < -0.39 is 0 Å². The predicted molar refractivity (Wildman–Crippen MR) is 118 cm³/mol. The number of rotatable bonds is 6. The van der Waals surface area contributed by atoms with Crippen LogP contribution in [0.1, 0.15) is 39.8 Å². The molecule has 0 aliphatic carbocycles. The van der Waals surface area contributed by atoms with Crippen molar-refractivity contribution in [1.29, 1.82) is 0 Å². The molecule has 0 radical (unpaired) electrons. The quantitative estimate of drug-likeness (QED) is 0.448. The van der Waals surface area contributed by atoms with E-state index in [0.717, 1.165) is 34.0 Å². The number of hydrogen-bond acceptors (Lipinski definition) is 3. The fraction of sp³-hybridized carbons (Fsp3) is 0.217. The first-order chi connectivity index (χ1) is 13.9.